The Morgan fingerprint density at radius 3 is 2.75 bits per heavy atom. The van der Waals surface area contributed by atoms with Gasteiger partial charge in [-0.1, -0.05) is 26.2 Å². The minimum Gasteiger partial charge on any atom is -0.368 e. The normalized spacial score (nSPS) is 22.6. The molecule has 20 heavy (non-hydrogen) atoms. The second-order valence-electron chi connectivity index (χ2n) is 6.06. The van der Waals surface area contributed by atoms with Crippen molar-refractivity contribution in [2.45, 2.75) is 39.0 Å². The zero-order chi connectivity index (χ0) is 14.5. The molecule has 0 radical (unpaired) electrons. The molecule has 1 saturated carbocycles. The molecule has 1 fully saturated rings. The number of anilines is 3. The number of aromatic nitrogens is 3. The fraction of sp³-hybridized carbons (Fsp3) is 0.786. The first kappa shape index (κ1) is 14.8. The first-order valence-electron chi connectivity index (χ1n) is 7.47. The van der Waals surface area contributed by atoms with Crippen LogP contribution in [0.2, 0.25) is 0 Å². The Kier molecular flexibility index (Phi) is 4.98. The molecule has 0 spiro atoms. The van der Waals surface area contributed by atoms with Crippen LogP contribution in [-0.4, -0.2) is 35.6 Å². The highest BCUT2D eigenvalue weighted by Gasteiger charge is 2.18. The highest BCUT2D eigenvalue weighted by molar-refractivity contribution is 5.40. The maximum atomic E-state index is 5.70. The molecular formula is C14H26N6. The monoisotopic (exact) mass is 278 g/mol. The number of nitrogens with two attached hydrogens (primary N) is 1. The number of hydrogen-bond acceptors (Lipinski definition) is 6. The quantitative estimate of drug-likeness (QED) is 0.859. The topological polar surface area (TPSA) is 80.0 Å². The Morgan fingerprint density at radius 2 is 2.05 bits per heavy atom. The molecule has 1 aromatic heterocycles. The SMILES string of the molecule is CC1CCCC(CCNc2nc(N)nc(N(C)C)n2)C1. The van der Waals surface area contributed by atoms with E-state index in [2.05, 4.69) is 27.2 Å². The van der Waals surface area contributed by atoms with Gasteiger partial charge >= 0.3 is 0 Å². The number of hydrogen-bond donors (Lipinski definition) is 2. The van der Waals surface area contributed by atoms with Crippen molar-refractivity contribution >= 4 is 17.8 Å². The second-order valence-corrected chi connectivity index (χ2v) is 6.06. The van der Waals surface area contributed by atoms with Crippen molar-refractivity contribution in [3.05, 3.63) is 0 Å². The van der Waals surface area contributed by atoms with E-state index in [4.69, 9.17) is 5.73 Å². The van der Waals surface area contributed by atoms with Crippen LogP contribution >= 0.6 is 0 Å². The molecule has 2 rings (SSSR count). The number of nitrogen functional groups attached to an aromatic ring is 1. The van der Waals surface area contributed by atoms with Crippen molar-refractivity contribution < 1.29 is 0 Å². The summed E-state index contributed by atoms with van der Waals surface area (Å²) in [5.74, 6) is 3.13. The summed E-state index contributed by atoms with van der Waals surface area (Å²) in [4.78, 5) is 14.4. The standard InChI is InChI=1S/C14H26N6/c1-10-5-4-6-11(9-10)7-8-16-13-17-12(15)18-14(19-13)20(2)3/h10-11H,4-9H2,1-3H3,(H3,15,16,17,18,19). The summed E-state index contributed by atoms with van der Waals surface area (Å²) in [6.45, 7) is 3.25. The Labute approximate surface area is 121 Å². The van der Waals surface area contributed by atoms with Crippen LogP contribution in [0.5, 0.6) is 0 Å². The van der Waals surface area contributed by atoms with Gasteiger partial charge in [0.05, 0.1) is 0 Å². The molecule has 6 nitrogen and oxygen atoms in total. The van der Waals surface area contributed by atoms with Gasteiger partial charge in [0.2, 0.25) is 17.8 Å². The molecule has 0 aliphatic heterocycles. The van der Waals surface area contributed by atoms with Crippen molar-refractivity contribution in [2.75, 3.05) is 36.6 Å². The first-order chi connectivity index (χ1) is 9.54. The molecule has 1 aromatic rings. The predicted octanol–water partition coefficient (Wildman–Crippen LogP) is 2.15. The molecule has 1 aliphatic carbocycles. The van der Waals surface area contributed by atoms with Crippen LogP contribution in [0.3, 0.4) is 0 Å². The molecule has 0 amide bonds. The summed E-state index contributed by atoms with van der Waals surface area (Å²) in [6, 6.07) is 0. The molecule has 2 unspecified atom stereocenters. The molecule has 1 heterocycles. The van der Waals surface area contributed by atoms with Crippen molar-refractivity contribution in [2.24, 2.45) is 11.8 Å². The summed E-state index contributed by atoms with van der Waals surface area (Å²) >= 11 is 0. The molecule has 0 aromatic carbocycles. The molecule has 112 valence electrons. The fourth-order valence-electron chi connectivity index (χ4n) is 2.87. The summed E-state index contributed by atoms with van der Waals surface area (Å²) < 4.78 is 0. The van der Waals surface area contributed by atoms with E-state index in [1.165, 1.54) is 32.1 Å². The van der Waals surface area contributed by atoms with Gasteiger partial charge in [0, 0.05) is 20.6 Å². The van der Waals surface area contributed by atoms with Crippen molar-refractivity contribution in [1.82, 2.24) is 15.0 Å². The lowest BCUT2D eigenvalue weighted by Gasteiger charge is -2.26. The van der Waals surface area contributed by atoms with Gasteiger partial charge in [0.15, 0.2) is 0 Å². The highest BCUT2D eigenvalue weighted by Crippen LogP contribution is 2.30. The lowest BCUT2D eigenvalue weighted by Crippen LogP contribution is -2.19. The van der Waals surface area contributed by atoms with Gasteiger partial charge in [0.1, 0.15) is 0 Å². The van der Waals surface area contributed by atoms with Crippen LogP contribution in [0.1, 0.15) is 39.0 Å². The maximum Gasteiger partial charge on any atom is 0.231 e. The van der Waals surface area contributed by atoms with Gasteiger partial charge in [-0.3, -0.25) is 0 Å². The third-order valence-corrected chi connectivity index (χ3v) is 3.92. The van der Waals surface area contributed by atoms with E-state index < -0.39 is 0 Å². The molecule has 0 saturated heterocycles. The van der Waals surface area contributed by atoms with Gasteiger partial charge in [-0.05, 0) is 24.7 Å². The van der Waals surface area contributed by atoms with Gasteiger partial charge in [-0.2, -0.15) is 15.0 Å². The molecule has 6 heteroatoms. The molecule has 1 aliphatic rings. The zero-order valence-electron chi connectivity index (χ0n) is 12.8. The smallest absolute Gasteiger partial charge is 0.231 e. The van der Waals surface area contributed by atoms with Gasteiger partial charge < -0.3 is 16.0 Å². The summed E-state index contributed by atoms with van der Waals surface area (Å²) in [5, 5.41) is 3.27. The molecule has 0 bridgehead atoms. The van der Waals surface area contributed by atoms with Crippen LogP contribution in [0.25, 0.3) is 0 Å². The lowest BCUT2D eigenvalue weighted by molar-refractivity contribution is 0.274. The first-order valence-corrected chi connectivity index (χ1v) is 7.47. The Morgan fingerprint density at radius 1 is 1.25 bits per heavy atom. The Hall–Kier alpha value is -1.59. The van der Waals surface area contributed by atoms with E-state index in [0.717, 1.165) is 18.4 Å². The van der Waals surface area contributed by atoms with E-state index in [0.29, 0.717) is 11.9 Å². The lowest BCUT2D eigenvalue weighted by atomic mass is 9.81. The predicted molar refractivity (Wildman–Crippen MR) is 82.8 cm³/mol. The third kappa shape index (κ3) is 4.21. The van der Waals surface area contributed by atoms with Crippen LogP contribution < -0.4 is 16.0 Å². The average molecular weight is 278 g/mol. The van der Waals surface area contributed by atoms with E-state index in [-0.39, 0.29) is 5.95 Å². The van der Waals surface area contributed by atoms with Gasteiger partial charge in [-0.25, -0.2) is 0 Å². The maximum absolute atomic E-state index is 5.70. The van der Waals surface area contributed by atoms with E-state index >= 15 is 0 Å². The van der Waals surface area contributed by atoms with Gasteiger partial charge in [-0.15, -0.1) is 0 Å². The van der Waals surface area contributed by atoms with Crippen molar-refractivity contribution in [3.8, 4) is 0 Å². The largest absolute Gasteiger partial charge is 0.368 e. The molecule has 3 N–H and O–H groups in total. The van der Waals surface area contributed by atoms with Gasteiger partial charge in [0.25, 0.3) is 0 Å². The molecule has 2 atom stereocenters. The van der Waals surface area contributed by atoms with E-state index in [1.54, 1.807) is 0 Å². The Balaban J connectivity index is 1.84. The van der Waals surface area contributed by atoms with Crippen LogP contribution in [0.15, 0.2) is 0 Å². The summed E-state index contributed by atoms with van der Waals surface area (Å²) in [7, 11) is 3.78. The minimum absolute atomic E-state index is 0.262. The third-order valence-electron chi connectivity index (χ3n) is 3.92. The van der Waals surface area contributed by atoms with Crippen molar-refractivity contribution in [1.29, 1.82) is 0 Å². The summed E-state index contributed by atoms with van der Waals surface area (Å²) in [5.41, 5.74) is 5.70. The number of nitrogens with zero attached hydrogens (tertiary/aromatic N) is 4. The number of nitrogens with one attached hydrogen (secondary N) is 1. The van der Waals surface area contributed by atoms with Crippen molar-refractivity contribution in [3.63, 3.8) is 0 Å². The second kappa shape index (κ2) is 6.72. The Bertz CT molecular complexity index is 434. The van der Waals surface area contributed by atoms with Crippen LogP contribution in [0, 0.1) is 11.8 Å². The van der Waals surface area contributed by atoms with E-state index in [1.807, 2.05) is 19.0 Å². The fourth-order valence-corrected chi connectivity index (χ4v) is 2.87. The minimum atomic E-state index is 0.262. The average Bonchev–Trinajstić information content (AvgIpc) is 2.38. The van der Waals surface area contributed by atoms with E-state index in [9.17, 15) is 0 Å². The zero-order valence-corrected chi connectivity index (χ0v) is 12.8. The van der Waals surface area contributed by atoms with Crippen LogP contribution in [-0.2, 0) is 0 Å². The highest BCUT2D eigenvalue weighted by atomic mass is 15.3. The van der Waals surface area contributed by atoms with Crippen LogP contribution in [0.4, 0.5) is 17.8 Å². The number of rotatable bonds is 5. The summed E-state index contributed by atoms with van der Waals surface area (Å²) in [6.07, 6.45) is 6.64. The molecular weight excluding hydrogens is 252 g/mol.